The summed E-state index contributed by atoms with van der Waals surface area (Å²) in [6.45, 7) is 1.96. The normalized spacial score (nSPS) is 17.0. The predicted molar refractivity (Wildman–Crippen MR) is 91.8 cm³/mol. The molecular formula is C17H17BrN4O. The summed E-state index contributed by atoms with van der Waals surface area (Å²) in [5, 5.41) is 5.15. The van der Waals surface area contributed by atoms with Crippen molar-refractivity contribution in [2.45, 2.75) is 38.1 Å². The van der Waals surface area contributed by atoms with E-state index in [1.165, 1.54) is 0 Å². The van der Waals surface area contributed by atoms with Crippen LogP contribution in [0.1, 0.15) is 37.2 Å². The Morgan fingerprint density at radius 1 is 1.17 bits per heavy atom. The molecule has 0 unspecified atom stereocenters. The van der Waals surface area contributed by atoms with Crippen molar-refractivity contribution in [1.29, 1.82) is 0 Å². The number of nitrogens with zero attached hydrogens (tertiary/aromatic N) is 3. The maximum absolute atomic E-state index is 6.43. The number of benzene rings is 1. The molecule has 2 aromatic heterocycles. The SMILES string of the molecule is Cc1cc(-c2nc(C3(N)CCCC3)no2)c2ccc(Br)cc2n1. The van der Waals surface area contributed by atoms with Crippen LogP contribution < -0.4 is 5.73 Å². The maximum Gasteiger partial charge on any atom is 0.258 e. The molecule has 2 N–H and O–H groups in total. The number of pyridine rings is 1. The number of hydrogen-bond donors (Lipinski definition) is 1. The Hall–Kier alpha value is -1.79. The molecule has 5 nitrogen and oxygen atoms in total. The molecule has 118 valence electrons. The second-order valence-corrected chi connectivity index (χ2v) is 7.17. The summed E-state index contributed by atoms with van der Waals surface area (Å²) in [5.41, 5.74) is 8.70. The first-order chi connectivity index (χ1) is 11.0. The molecule has 1 aromatic carbocycles. The lowest BCUT2D eigenvalue weighted by molar-refractivity contribution is 0.373. The molecule has 1 aliphatic rings. The van der Waals surface area contributed by atoms with Gasteiger partial charge < -0.3 is 10.3 Å². The summed E-state index contributed by atoms with van der Waals surface area (Å²) in [6.07, 6.45) is 4.06. The first-order valence-electron chi connectivity index (χ1n) is 7.75. The highest BCUT2D eigenvalue weighted by atomic mass is 79.9. The Morgan fingerprint density at radius 2 is 1.96 bits per heavy atom. The zero-order chi connectivity index (χ0) is 16.0. The van der Waals surface area contributed by atoms with E-state index in [9.17, 15) is 0 Å². The number of aromatic nitrogens is 3. The van der Waals surface area contributed by atoms with Crippen LogP contribution in [0, 0.1) is 6.92 Å². The number of nitrogens with two attached hydrogens (primary N) is 1. The van der Waals surface area contributed by atoms with Crippen molar-refractivity contribution >= 4 is 26.8 Å². The van der Waals surface area contributed by atoms with Crippen molar-refractivity contribution in [1.82, 2.24) is 15.1 Å². The van der Waals surface area contributed by atoms with E-state index in [-0.39, 0.29) is 0 Å². The third kappa shape index (κ3) is 2.56. The number of rotatable bonds is 2. The van der Waals surface area contributed by atoms with E-state index >= 15 is 0 Å². The monoisotopic (exact) mass is 372 g/mol. The van der Waals surface area contributed by atoms with E-state index < -0.39 is 5.54 Å². The topological polar surface area (TPSA) is 77.8 Å². The number of hydrogen-bond acceptors (Lipinski definition) is 5. The Balaban J connectivity index is 1.85. The van der Waals surface area contributed by atoms with Gasteiger partial charge in [-0.3, -0.25) is 4.98 Å². The Bertz CT molecular complexity index is 878. The van der Waals surface area contributed by atoms with E-state index in [4.69, 9.17) is 10.3 Å². The molecule has 4 rings (SSSR count). The predicted octanol–water partition coefficient (Wildman–Crippen LogP) is 4.08. The van der Waals surface area contributed by atoms with Gasteiger partial charge in [0, 0.05) is 15.6 Å². The molecule has 3 aromatic rings. The Morgan fingerprint density at radius 3 is 2.74 bits per heavy atom. The van der Waals surface area contributed by atoms with Crippen LogP contribution >= 0.6 is 15.9 Å². The van der Waals surface area contributed by atoms with Gasteiger partial charge >= 0.3 is 0 Å². The van der Waals surface area contributed by atoms with Gasteiger partial charge in [-0.15, -0.1) is 0 Å². The summed E-state index contributed by atoms with van der Waals surface area (Å²) >= 11 is 3.49. The van der Waals surface area contributed by atoms with Crippen molar-refractivity contribution in [3.63, 3.8) is 0 Å². The lowest BCUT2D eigenvalue weighted by Crippen LogP contribution is -2.34. The Labute approximate surface area is 142 Å². The molecule has 0 saturated heterocycles. The van der Waals surface area contributed by atoms with Crippen molar-refractivity contribution in [2.24, 2.45) is 5.73 Å². The van der Waals surface area contributed by atoms with Crippen LogP contribution in [0.2, 0.25) is 0 Å². The molecule has 2 heterocycles. The van der Waals surface area contributed by atoms with Gasteiger partial charge in [-0.05, 0) is 38.0 Å². The number of fused-ring (bicyclic) bond motifs is 1. The molecule has 0 atom stereocenters. The van der Waals surface area contributed by atoms with Crippen molar-refractivity contribution in [2.75, 3.05) is 0 Å². The molecule has 0 bridgehead atoms. The maximum atomic E-state index is 6.43. The second kappa shape index (κ2) is 5.39. The largest absolute Gasteiger partial charge is 0.334 e. The second-order valence-electron chi connectivity index (χ2n) is 6.26. The highest BCUT2D eigenvalue weighted by Crippen LogP contribution is 2.36. The lowest BCUT2D eigenvalue weighted by Gasteiger charge is -2.17. The summed E-state index contributed by atoms with van der Waals surface area (Å²) < 4.78 is 6.53. The minimum absolute atomic E-state index is 0.442. The molecule has 0 aliphatic heterocycles. The van der Waals surface area contributed by atoms with Crippen LogP contribution in [0.3, 0.4) is 0 Å². The summed E-state index contributed by atoms with van der Waals surface area (Å²) in [7, 11) is 0. The van der Waals surface area contributed by atoms with E-state index in [0.29, 0.717) is 11.7 Å². The molecule has 1 saturated carbocycles. The van der Waals surface area contributed by atoms with Gasteiger partial charge in [0.25, 0.3) is 5.89 Å². The van der Waals surface area contributed by atoms with E-state index in [1.807, 2.05) is 31.2 Å². The fourth-order valence-electron chi connectivity index (χ4n) is 3.28. The molecule has 0 radical (unpaired) electrons. The van der Waals surface area contributed by atoms with Crippen LogP contribution in [0.15, 0.2) is 33.3 Å². The fraction of sp³-hybridized carbons (Fsp3) is 0.353. The van der Waals surface area contributed by atoms with Crippen molar-refractivity contribution in [3.05, 3.63) is 40.3 Å². The van der Waals surface area contributed by atoms with Crippen LogP contribution in [0.4, 0.5) is 0 Å². The highest BCUT2D eigenvalue weighted by Gasteiger charge is 2.36. The summed E-state index contributed by atoms with van der Waals surface area (Å²) in [6, 6.07) is 7.97. The lowest BCUT2D eigenvalue weighted by atomic mass is 9.98. The first-order valence-corrected chi connectivity index (χ1v) is 8.55. The Kier molecular flexibility index (Phi) is 3.46. The van der Waals surface area contributed by atoms with Crippen molar-refractivity contribution < 1.29 is 4.52 Å². The number of aryl methyl sites for hydroxylation is 1. The fourth-order valence-corrected chi connectivity index (χ4v) is 3.62. The third-order valence-electron chi connectivity index (χ3n) is 4.50. The van der Waals surface area contributed by atoms with Gasteiger partial charge in [-0.25, -0.2) is 0 Å². The average molecular weight is 373 g/mol. The quantitative estimate of drug-likeness (QED) is 0.732. The van der Waals surface area contributed by atoms with E-state index in [1.54, 1.807) is 0 Å². The molecule has 1 fully saturated rings. The van der Waals surface area contributed by atoms with Crippen molar-refractivity contribution in [3.8, 4) is 11.5 Å². The van der Waals surface area contributed by atoms with Gasteiger partial charge in [-0.2, -0.15) is 4.98 Å². The van der Waals surface area contributed by atoms with Crippen LogP contribution in [-0.4, -0.2) is 15.1 Å². The van der Waals surface area contributed by atoms with Gasteiger partial charge in [0.1, 0.15) is 0 Å². The van der Waals surface area contributed by atoms with Gasteiger partial charge in [-0.1, -0.05) is 40.0 Å². The highest BCUT2D eigenvalue weighted by molar-refractivity contribution is 9.10. The first kappa shape index (κ1) is 14.8. The van der Waals surface area contributed by atoms with E-state index in [0.717, 1.165) is 52.3 Å². The minimum Gasteiger partial charge on any atom is -0.334 e. The molecule has 0 spiro atoms. The molecule has 6 heteroatoms. The molecule has 1 aliphatic carbocycles. The average Bonchev–Trinajstić information content (AvgIpc) is 3.15. The smallest absolute Gasteiger partial charge is 0.258 e. The molecule has 0 amide bonds. The van der Waals surface area contributed by atoms with Crippen LogP contribution in [-0.2, 0) is 5.54 Å². The summed E-state index contributed by atoms with van der Waals surface area (Å²) in [4.78, 5) is 9.18. The van der Waals surface area contributed by atoms with Gasteiger partial charge in [0.15, 0.2) is 5.82 Å². The van der Waals surface area contributed by atoms with E-state index in [2.05, 4.69) is 31.1 Å². The van der Waals surface area contributed by atoms with Gasteiger partial charge in [0.05, 0.1) is 16.6 Å². The standard InChI is InChI=1S/C17H17BrN4O/c1-10-8-13(12-5-4-11(18)9-14(12)20-10)15-21-16(22-23-15)17(19)6-2-3-7-17/h4-5,8-9H,2-3,6-7,19H2,1H3. The van der Waals surface area contributed by atoms with Gasteiger partial charge in [0.2, 0.25) is 0 Å². The zero-order valence-electron chi connectivity index (χ0n) is 12.8. The summed E-state index contributed by atoms with van der Waals surface area (Å²) in [5.74, 6) is 1.12. The zero-order valence-corrected chi connectivity index (χ0v) is 14.4. The van der Waals surface area contributed by atoms with Crippen LogP contribution in [0.25, 0.3) is 22.4 Å². The molecule has 23 heavy (non-hydrogen) atoms. The third-order valence-corrected chi connectivity index (χ3v) is 4.99. The van der Waals surface area contributed by atoms with Crippen LogP contribution in [0.5, 0.6) is 0 Å². The minimum atomic E-state index is -0.442. The molecular weight excluding hydrogens is 356 g/mol. The number of halogens is 1.